The predicted molar refractivity (Wildman–Crippen MR) is 81.7 cm³/mol. The first-order chi connectivity index (χ1) is 9.99. The Hall–Kier alpha value is -1.68. The van der Waals surface area contributed by atoms with Crippen LogP contribution in [0.2, 0.25) is 0 Å². The molecule has 1 heterocycles. The van der Waals surface area contributed by atoms with Crippen molar-refractivity contribution in [2.75, 3.05) is 13.1 Å². The molecule has 1 N–H and O–H groups in total. The molecule has 0 amide bonds. The van der Waals surface area contributed by atoms with Crippen molar-refractivity contribution in [2.24, 2.45) is 0 Å². The summed E-state index contributed by atoms with van der Waals surface area (Å²) in [5.41, 5.74) is 2.89. The van der Waals surface area contributed by atoms with E-state index in [2.05, 4.69) is 0 Å². The van der Waals surface area contributed by atoms with Gasteiger partial charge in [0.25, 0.3) is 0 Å². The molecule has 1 aliphatic heterocycles. The Kier molecular flexibility index (Phi) is 5.12. The SMILES string of the molecule is Cc1ccc(C(=O)CCN2CCCCC2C(=O)O)c(C)c1. The topological polar surface area (TPSA) is 57.6 Å². The molecule has 4 heteroatoms. The molecule has 0 saturated carbocycles. The summed E-state index contributed by atoms with van der Waals surface area (Å²) in [7, 11) is 0. The number of nitrogens with zero attached hydrogens (tertiary/aromatic N) is 1. The zero-order valence-corrected chi connectivity index (χ0v) is 12.8. The number of carboxylic acid groups (broad SMARTS) is 1. The lowest BCUT2D eigenvalue weighted by Crippen LogP contribution is -2.45. The van der Waals surface area contributed by atoms with E-state index in [9.17, 15) is 14.7 Å². The summed E-state index contributed by atoms with van der Waals surface area (Å²) in [6.45, 7) is 5.26. The monoisotopic (exact) mass is 289 g/mol. The number of carboxylic acids is 1. The molecular weight excluding hydrogens is 266 g/mol. The molecule has 114 valence electrons. The van der Waals surface area contributed by atoms with Crippen molar-refractivity contribution in [3.63, 3.8) is 0 Å². The van der Waals surface area contributed by atoms with Gasteiger partial charge in [-0.05, 0) is 38.8 Å². The highest BCUT2D eigenvalue weighted by atomic mass is 16.4. The van der Waals surface area contributed by atoms with Gasteiger partial charge in [-0.1, -0.05) is 30.2 Å². The average Bonchev–Trinajstić information content (AvgIpc) is 2.45. The molecule has 4 nitrogen and oxygen atoms in total. The van der Waals surface area contributed by atoms with Crippen LogP contribution in [0.25, 0.3) is 0 Å². The highest BCUT2D eigenvalue weighted by molar-refractivity contribution is 5.97. The lowest BCUT2D eigenvalue weighted by atomic mass is 9.98. The molecule has 21 heavy (non-hydrogen) atoms. The minimum atomic E-state index is -0.770. The van der Waals surface area contributed by atoms with Crippen LogP contribution in [0.1, 0.15) is 47.2 Å². The molecule has 0 aliphatic carbocycles. The molecule has 0 radical (unpaired) electrons. The summed E-state index contributed by atoms with van der Waals surface area (Å²) < 4.78 is 0. The van der Waals surface area contributed by atoms with Gasteiger partial charge < -0.3 is 5.11 Å². The van der Waals surface area contributed by atoms with E-state index in [4.69, 9.17) is 0 Å². The number of hydrogen-bond donors (Lipinski definition) is 1. The van der Waals surface area contributed by atoms with Gasteiger partial charge >= 0.3 is 5.97 Å². The number of hydrogen-bond acceptors (Lipinski definition) is 3. The number of benzene rings is 1. The zero-order valence-electron chi connectivity index (χ0n) is 12.8. The quantitative estimate of drug-likeness (QED) is 0.847. The largest absolute Gasteiger partial charge is 0.480 e. The van der Waals surface area contributed by atoms with Gasteiger partial charge in [-0.3, -0.25) is 14.5 Å². The van der Waals surface area contributed by atoms with Crippen LogP contribution >= 0.6 is 0 Å². The van der Waals surface area contributed by atoms with Gasteiger partial charge in [0.15, 0.2) is 5.78 Å². The first kappa shape index (κ1) is 15.7. The highest BCUT2D eigenvalue weighted by Crippen LogP contribution is 2.19. The third kappa shape index (κ3) is 3.91. The molecule has 2 rings (SSSR count). The zero-order chi connectivity index (χ0) is 15.4. The van der Waals surface area contributed by atoms with Crippen LogP contribution < -0.4 is 0 Å². The normalized spacial score (nSPS) is 19.4. The Morgan fingerprint density at radius 3 is 2.71 bits per heavy atom. The van der Waals surface area contributed by atoms with Gasteiger partial charge in [0.1, 0.15) is 6.04 Å². The van der Waals surface area contributed by atoms with E-state index in [-0.39, 0.29) is 5.78 Å². The van der Waals surface area contributed by atoms with Gasteiger partial charge in [0, 0.05) is 18.5 Å². The van der Waals surface area contributed by atoms with Gasteiger partial charge in [-0.15, -0.1) is 0 Å². The number of ketones is 1. The lowest BCUT2D eigenvalue weighted by Gasteiger charge is -2.32. The number of likely N-dealkylation sites (tertiary alicyclic amines) is 1. The Bertz CT molecular complexity index is 539. The van der Waals surface area contributed by atoms with E-state index in [0.717, 1.165) is 36.1 Å². The van der Waals surface area contributed by atoms with Crippen LogP contribution in [-0.4, -0.2) is 40.9 Å². The van der Waals surface area contributed by atoms with Crippen LogP contribution in [0.5, 0.6) is 0 Å². The van der Waals surface area contributed by atoms with E-state index in [1.165, 1.54) is 0 Å². The second kappa shape index (κ2) is 6.85. The summed E-state index contributed by atoms with van der Waals surface area (Å²) >= 11 is 0. The van der Waals surface area contributed by atoms with E-state index < -0.39 is 12.0 Å². The summed E-state index contributed by atoms with van der Waals surface area (Å²) in [6.07, 6.45) is 3.04. The number of carbonyl (C=O) groups excluding carboxylic acids is 1. The van der Waals surface area contributed by atoms with Crippen LogP contribution in [0, 0.1) is 13.8 Å². The van der Waals surface area contributed by atoms with Crippen molar-refractivity contribution >= 4 is 11.8 Å². The van der Waals surface area contributed by atoms with Crippen molar-refractivity contribution in [2.45, 2.75) is 45.6 Å². The van der Waals surface area contributed by atoms with Gasteiger partial charge in [0.2, 0.25) is 0 Å². The molecule has 1 aromatic carbocycles. The van der Waals surface area contributed by atoms with Crippen LogP contribution in [0.15, 0.2) is 18.2 Å². The summed E-state index contributed by atoms with van der Waals surface area (Å²) in [5, 5.41) is 9.24. The van der Waals surface area contributed by atoms with Crippen molar-refractivity contribution < 1.29 is 14.7 Å². The number of carbonyl (C=O) groups is 2. The number of Topliss-reactive ketones (excluding diaryl/α,β-unsaturated/α-hetero) is 1. The standard InChI is InChI=1S/C17H23NO3/c1-12-6-7-14(13(2)11-12)16(19)8-10-18-9-4-3-5-15(18)17(20)21/h6-7,11,15H,3-5,8-10H2,1-2H3,(H,20,21). The first-order valence-electron chi connectivity index (χ1n) is 7.56. The fourth-order valence-electron chi connectivity index (χ4n) is 3.04. The molecule has 1 fully saturated rings. The number of piperidine rings is 1. The molecule has 0 aromatic heterocycles. The molecule has 1 unspecified atom stereocenters. The summed E-state index contributed by atoms with van der Waals surface area (Å²) in [5.74, 6) is -0.670. The van der Waals surface area contributed by atoms with Crippen LogP contribution in [-0.2, 0) is 4.79 Å². The third-order valence-electron chi connectivity index (χ3n) is 4.21. The molecular formula is C17H23NO3. The van der Waals surface area contributed by atoms with E-state index in [1.807, 2.05) is 36.9 Å². The minimum Gasteiger partial charge on any atom is -0.480 e. The second-order valence-corrected chi connectivity index (χ2v) is 5.88. The van der Waals surface area contributed by atoms with Gasteiger partial charge in [0.05, 0.1) is 0 Å². The molecule has 1 aromatic rings. The van der Waals surface area contributed by atoms with Crippen molar-refractivity contribution in [3.8, 4) is 0 Å². The predicted octanol–water partition coefficient (Wildman–Crippen LogP) is 2.82. The maximum atomic E-state index is 12.3. The maximum Gasteiger partial charge on any atom is 0.320 e. The molecule has 0 spiro atoms. The fourth-order valence-corrected chi connectivity index (χ4v) is 3.04. The van der Waals surface area contributed by atoms with E-state index in [0.29, 0.717) is 19.4 Å². The third-order valence-corrected chi connectivity index (χ3v) is 4.21. The Morgan fingerprint density at radius 2 is 2.05 bits per heavy atom. The fraction of sp³-hybridized carbons (Fsp3) is 0.529. The second-order valence-electron chi connectivity index (χ2n) is 5.88. The van der Waals surface area contributed by atoms with E-state index >= 15 is 0 Å². The number of aliphatic carboxylic acids is 1. The molecule has 0 bridgehead atoms. The van der Waals surface area contributed by atoms with Crippen molar-refractivity contribution in [1.29, 1.82) is 0 Å². The summed E-state index contributed by atoms with van der Waals surface area (Å²) in [4.78, 5) is 25.5. The average molecular weight is 289 g/mol. The van der Waals surface area contributed by atoms with Gasteiger partial charge in [-0.2, -0.15) is 0 Å². The maximum absolute atomic E-state index is 12.3. The first-order valence-corrected chi connectivity index (χ1v) is 7.56. The Balaban J connectivity index is 1.98. The van der Waals surface area contributed by atoms with Crippen LogP contribution in [0.4, 0.5) is 0 Å². The number of rotatable bonds is 5. The number of aryl methyl sites for hydroxylation is 2. The van der Waals surface area contributed by atoms with Crippen molar-refractivity contribution in [3.05, 3.63) is 34.9 Å². The summed E-state index contributed by atoms with van der Waals surface area (Å²) in [6, 6.07) is 5.40. The van der Waals surface area contributed by atoms with Crippen molar-refractivity contribution in [1.82, 2.24) is 4.90 Å². The Morgan fingerprint density at radius 1 is 1.29 bits per heavy atom. The Labute approximate surface area is 125 Å². The molecule has 1 saturated heterocycles. The van der Waals surface area contributed by atoms with Crippen LogP contribution in [0.3, 0.4) is 0 Å². The van der Waals surface area contributed by atoms with Gasteiger partial charge in [-0.25, -0.2) is 0 Å². The molecule has 1 atom stereocenters. The highest BCUT2D eigenvalue weighted by Gasteiger charge is 2.28. The van der Waals surface area contributed by atoms with E-state index in [1.54, 1.807) is 0 Å². The lowest BCUT2D eigenvalue weighted by molar-refractivity contribution is -0.144. The molecule has 1 aliphatic rings. The minimum absolute atomic E-state index is 0.0993. The smallest absolute Gasteiger partial charge is 0.320 e.